The van der Waals surface area contributed by atoms with E-state index in [4.69, 9.17) is 5.73 Å². The number of carbonyl (C=O) groups excluding carboxylic acids is 1. The van der Waals surface area contributed by atoms with Crippen LogP contribution in [0.1, 0.15) is 12.0 Å². The molecule has 0 aliphatic rings. The average molecular weight is 195 g/mol. The van der Waals surface area contributed by atoms with Gasteiger partial charge in [0.25, 0.3) is 0 Å². The zero-order chi connectivity index (χ0) is 9.68. The average Bonchev–Trinajstić information content (AvgIpc) is 2.15. The highest BCUT2D eigenvalue weighted by atomic mass is 32.2. The van der Waals surface area contributed by atoms with Gasteiger partial charge in [0, 0.05) is 11.3 Å². The second-order valence-electron chi connectivity index (χ2n) is 2.81. The maximum absolute atomic E-state index is 10.5. The van der Waals surface area contributed by atoms with E-state index < -0.39 is 0 Å². The third-order valence-electron chi connectivity index (χ3n) is 1.82. The minimum atomic E-state index is -0.242. The Hall–Kier alpha value is -0.960. The molecule has 0 aliphatic heterocycles. The van der Waals surface area contributed by atoms with E-state index in [9.17, 15) is 4.79 Å². The van der Waals surface area contributed by atoms with Gasteiger partial charge < -0.3 is 5.73 Å². The quantitative estimate of drug-likeness (QED) is 0.745. The first-order valence-electron chi connectivity index (χ1n) is 4.13. The number of amides is 1. The van der Waals surface area contributed by atoms with E-state index in [1.807, 2.05) is 18.4 Å². The van der Waals surface area contributed by atoms with Crippen LogP contribution in [0.4, 0.5) is 0 Å². The fourth-order valence-electron chi connectivity index (χ4n) is 1.06. The highest BCUT2D eigenvalue weighted by molar-refractivity contribution is 7.98. The first-order chi connectivity index (χ1) is 6.22. The lowest BCUT2D eigenvalue weighted by Gasteiger charge is -2.00. The molecule has 0 bridgehead atoms. The van der Waals surface area contributed by atoms with E-state index in [2.05, 4.69) is 12.1 Å². The minimum Gasteiger partial charge on any atom is -0.370 e. The largest absolute Gasteiger partial charge is 0.370 e. The Labute approximate surface area is 82.5 Å². The van der Waals surface area contributed by atoms with Crippen molar-refractivity contribution in [3.63, 3.8) is 0 Å². The molecule has 2 nitrogen and oxygen atoms in total. The van der Waals surface area contributed by atoms with Crippen LogP contribution < -0.4 is 5.73 Å². The summed E-state index contributed by atoms with van der Waals surface area (Å²) in [6, 6.07) is 8.19. The van der Waals surface area contributed by atoms with Crippen molar-refractivity contribution in [2.45, 2.75) is 17.7 Å². The fourth-order valence-corrected chi connectivity index (χ4v) is 1.47. The molecule has 0 radical (unpaired) electrons. The summed E-state index contributed by atoms with van der Waals surface area (Å²) in [7, 11) is 0. The van der Waals surface area contributed by atoms with Crippen LogP contribution in [-0.4, -0.2) is 12.2 Å². The lowest BCUT2D eigenvalue weighted by atomic mass is 10.1. The van der Waals surface area contributed by atoms with Gasteiger partial charge in [-0.15, -0.1) is 11.8 Å². The van der Waals surface area contributed by atoms with Gasteiger partial charge in [0.15, 0.2) is 0 Å². The Morgan fingerprint density at radius 2 is 2.00 bits per heavy atom. The van der Waals surface area contributed by atoms with Gasteiger partial charge in [-0.3, -0.25) is 4.79 Å². The molecule has 1 aromatic carbocycles. The number of thioether (sulfide) groups is 1. The molecular formula is C10H13NOS. The van der Waals surface area contributed by atoms with Crippen molar-refractivity contribution in [2.24, 2.45) is 5.73 Å². The molecule has 0 aromatic heterocycles. The molecule has 1 amide bonds. The molecular weight excluding hydrogens is 182 g/mol. The molecule has 3 heteroatoms. The van der Waals surface area contributed by atoms with Gasteiger partial charge in [0.1, 0.15) is 0 Å². The normalized spacial score (nSPS) is 9.92. The van der Waals surface area contributed by atoms with Crippen LogP contribution in [0.25, 0.3) is 0 Å². The second-order valence-corrected chi connectivity index (χ2v) is 3.69. The van der Waals surface area contributed by atoms with E-state index >= 15 is 0 Å². The van der Waals surface area contributed by atoms with Gasteiger partial charge in [-0.1, -0.05) is 12.1 Å². The fraction of sp³-hybridized carbons (Fsp3) is 0.300. The molecule has 2 N–H and O–H groups in total. The van der Waals surface area contributed by atoms with Crippen molar-refractivity contribution in [3.8, 4) is 0 Å². The van der Waals surface area contributed by atoms with Crippen molar-refractivity contribution < 1.29 is 4.79 Å². The van der Waals surface area contributed by atoms with Crippen molar-refractivity contribution >= 4 is 17.7 Å². The smallest absolute Gasteiger partial charge is 0.217 e. The highest BCUT2D eigenvalue weighted by Crippen LogP contribution is 2.15. The number of rotatable bonds is 4. The molecule has 0 fully saturated rings. The maximum Gasteiger partial charge on any atom is 0.217 e. The SMILES string of the molecule is CSc1ccc(CCC(N)=O)cc1. The number of nitrogens with two attached hydrogens (primary N) is 1. The minimum absolute atomic E-state index is 0.242. The number of primary amides is 1. The number of carbonyl (C=O) groups is 1. The topological polar surface area (TPSA) is 43.1 Å². The molecule has 70 valence electrons. The summed E-state index contributed by atoms with van der Waals surface area (Å²) < 4.78 is 0. The number of benzene rings is 1. The molecule has 0 unspecified atom stereocenters. The third kappa shape index (κ3) is 3.51. The van der Waals surface area contributed by atoms with Crippen LogP contribution in [0.15, 0.2) is 29.2 Å². The van der Waals surface area contributed by atoms with Crippen LogP contribution in [0.5, 0.6) is 0 Å². The van der Waals surface area contributed by atoms with E-state index in [-0.39, 0.29) is 5.91 Å². The molecule has 13 heavy (non-hydrogen) atoms. The molecule has 0 heterocycles. The van der Waals surface area contributed by atoms with Gasteiger partial charge in [-0.2, -0.15) is 0 Å². The molecule has 1 rings (SSSR count). The van der Waals surface area contributed by atoms with Crippen molar-refractivity contribution in [1.82, 2.24) is 0 Å². The van der Waals surface area contributed by atoms with E-state index in [1.54, 1.807) is 11.8 Å². The highest BCUT2D eigenvalue weighted by Gasteiger charge is 1.97. The summed E-state index contributed by atoms with van der Waals surface area (Å²) in [5.41, 5.74) is 6.22. The Bertz CT molecular complexity index is 281. The molecule has 1 aromatic rings. The summed E-state index contributed by atoms with van der Waals surface area (Å²) in [6.45, 7) is 0. The van der Waals surface area contributed by atoms with Crippen LogP contribution in [-0.2, 0) is 11.2 Å². The molecule has 0 aliphatic carbocycles. The summed E-state index contributed by atoms with van der Waals surface area (Å²) >= 11 is 1.71. The van der Waals surface area contributed by atoms with Crippen LogP contribution >= 0.6 is 11.8 Å². The van der Waals surface area contributed by atoms with E-state index in [0.717, 1.165) is 12.0 Å². The van der Waals surface area contributed by atoms with Gasteiger partial charge in [-0.25, -0.2) is 0 Å². The monoisotopic (exact) mass is 195 g/mol. The summed E-state index contributed by atoms with van der Waals surface area (Å²) in [6.07, 6.45) is 3.21. The van der Waals surface area contributed by atoms with E-state index in [1.165, 1.54) is 4.90 Å². The molecule has 0 spiro atoms. The molecule has 0 saturated carbocycles. The van der Waals surface area contributed by atoms with Gasteiger partial charge in [-0.05, 0) is 30.4 Å². The third-order valence-corrected chi connectivity index (χ3v) is 2.56. The number of hydrogen-bond acceptors (Lipinski definition) is 2. The van der Waals surface area contributed by atoms with Crippen LogP contribution in [0.3, 0.4) is 0 Å². The Morgan fingerprint density at radius 3 is 2.46 bits per heavy atom. The number of hydrogen-bond donors (Lipinski definition) is 1. The number of aryl methyl sites for hydroxylation is 1. The van der Waals surface area contributed by atoms with Crippen LogP contribution in [0, 0.1) is 0 Å². The van der Waals surface area contributed by atoms with Crippen molar-refractivity contribution in [1.29, 1.82) is 0 Å². The zero-order valence-electron chi connectivity index (χ0n) is 7.62. The summed E-state index contributed by atoms with van der Waals surface area (Å²) in [4.78, 5) is 11.8. The first kappa shape index (κ1) is 10.1. The Balaban J connectivity index is 2.54. The van der Waals surface area contributed by atoms with Gasteiger partial charge >= 0.3 is 0 Å². The predicted octanol–water partition coefficient (Wildman–Crippen LogP) is 1.83. The van der Waals surface area contributed by atoms with E-state index in [0.29, 0.717) is 6.42 Å². The second kappa shape index (κ2) is 4.92. The lowest BCUT2D eigenvalue weighted by Crippen LogP contribution is -2.11. The lowest BCUT2D eigenvalue weighted by molar-refractivity contribution is -0.117. The summed E-state index contributed by atoms with van der Waals surface area (Å²) in [5, 5.41) is 0. The van der Waals surface area contributed by atoms with Gasteiger partial charge in [0.2, 0.25) is 5.91 Å². The summed E-state index contributed by atoms with van der Waals surface area (Å²) in [5.74, 6) is -0.242. The van der Waals surface area contributed by atoms with Crippen LogP contribution in [0.2, 0.25) is 0 Å². The van der Waals surface area contributed by atoms with Crippen molar-refractivity contribution in [2.75, 3.05) is 6.26 Å². The van der Waals surface area contributed by atoms with Gasteiger partial charge in [0.05, 0.1) is 0 Å². The maximum atomic E-state index is 10.5. The molecule has 0 saturated heterocycles. The Kier molecular flexibility index (Phi) is 3.83. The Morgan fingerprint density at radius 1 is 1.38 bits per heavy atom. The predicted molar refractivity (Wildman–Crippen MR) is 55.7 cm³/mol. The first-order valence-corrected chi connectivity index (χ1v) is 5.36. The standard InChI is InChI=1S/C10H13NOS/c1-13-9-5-2-8(3-6-9)4-7-10(11)12/h2-3,5-6H,4,7H2,1H3,(H2,11,12). The van der Waals surface area contributed by atoms with Crippen molar-refractivity contribution in [3.05, 3.63) is 29.8 Å². The molecule has 0 atom stereocenters. The zero-order valence-corrected chi connectivity index (χ0v) is 8.43.